The van der Waals surface area contributed by atoms with Gasteiger partial charge in [-0.3, -0.25) is 9.59 Å². The summed E-state index contributed by atoms with van der Waals surface area (Å²) < 4.78 is 22.3. The van der Waals surface area contributed by atoms with E-state index in [9.17, 15) is 19.2 Å². The van der Waals surface area contributed by atoms with Gasteiger partial charge in [-0.15, -0.1) is 0 Å². The number of rotatable bonds is 18. The van der Waals surface area contributed by atoms with Crippen LogP contribution in [0.5, 0.6) is 23.0 Å². The van der Waals surface area contributed by atoms with E-state index in [0.717, 1.165) is 43.2 Å². The SMILES string of the molecule is CCCc1ccc(CCC(=O)Oc2ccc(C(=O)Oc3ccc(OC(=O)c4ccc(OC(=O)CCc5ccc(CCC)cc5)cc4)c(CCC)c3)cc2)cc1. The molecule has 5 aromatic carbocycles. The minimum absolute atomic E-state index is 0.238. The Labute approximate surface area is 323 Å². The summed E-state index contributed by atoms with van der Waals surface area (Å²) in [5, 5.41) is 0. The Morgan fingerprint density at radius 2 is 0.782 bits per heavy atom. The van der Waals surface area contributed by atoms with Crippen molar-refractivity contribution >= 4 is 23.9 Å². The fourth-order valence-electron chi connectivity index (χ4n) is 6.01. The van der Waals surface area contributed by atoms with Crippen LogP contribution < -0.4 is 18.9 Å². The smallest absolute Gasteiger partial charge is 0.343 e. The maximum Gasteiger partial charge on any atom is 0.343 e. The molecule has 0 radical (unpaired) electrons. The second-order valence-electron chi connectivity index (χ2n) is 13.4. The highest BCUT2D eigenvalue weighted by atomic mass is 16.5. The molecule has 0 aliphatic rings. The minimum atomic E-state index is -0.585. The van der Waals surface area contributed by atoms with Crippen molar-refractivity contribution in [3.8, 4) is 23.0 Å². The Kier molecular flexibility index (Phi) is 14.9. The largest absolute Gasteiger partial charge is 0.427 e. The minimum Gasteiger partial charge on any atom is -0.427 e. The summed E-state index contributed by atoms with van der Waals surface area (Å²) in [4.78, 5) is 50.9. The van der Waals surface area contributed by atoms with Crippen LogP contribution in [0.25, 0.3) is 0 Å². The summed E-state index contributed by atoms with van der Waals surface area (Å²) in [5.41, 5.74) is 5.98. The number of hydrogen-bond donors (Lipinski definition) is 0. The highest BCUT2D eigenvalue weighted by Gasteiger charge is 2.16. The third-order valence-electron chi connectivity index (χ3n) is 8.97. The molecule has 0 aliphatic heterocycles. The fourth-order valence-corrected chi connectivity index (χ4v) is 6.01. The van der Waals surface area contributed by atoms with E-state index in [-0.39, 0.29) is 35.9 Å². The molecule has 0 bridgehead atoms. The second kappa shape index (κ2) is 20.4. The Balaban J connectivity index is 1.10. The van der Waals surface area contributed by atoms with Crippen molar-refractivity contribution in [3.63, 3.8) is 0 Å². The van der Waals surface area contributed by atoms with Gasteiger partial charge in [0.1, 0.15) is 23.0 Å². The van der Waals surface area contributed by atoms with Gasteiger partial charge in [0.15, 0.2) is 0 Å². The molecule has 0 heterocycles. The normalized spacial score (nSPS) is 10.7. The molecule has 0 aromatic heterocycles. The first kappa shape index (κ1) is 40.2. The summed E-state index contributed by atoms with van der Waals surface area (Å²) in [5.74, 6) is -0.543. The molecule has 0 atom stereocenters. The molecule has 0 fully saturated rings. The van der Waals surface area contributed by atoms with Crippen LogP contribution in [0.1, 0.15) is 101 Å². The van der Waals surface area contributed by atoms with Crippen molar-refractivity contribution in [2.45, 2.75) is 85.0 Å². The van der Waals surface area contributed by atoms with Gasteiger partial charge in [0.2, 0.25) is 0 Å². The van der Waals surface area contributed by atoms with Gasteiger partial charge in [0.25, 0.3) is 0 Å². The van der Waals surface area contributed by atoms with E-state index in [0.29, 0.717) is 47.8 Å². The molecule has 8 heteroatoms. The number of ether oxygens (including phenoxy) is 4. The van der Waals surface area contributed by atoms with Gasteiger partial charge in [0, 0.05) is 12.8 Å². The molecule has 5 aromatic rings. The summed E-state index contributed by atoms with van der Waals surface area (Å²) in [6.45, 7) is 6.28. The van der Waals surface area contributed by atoms with E-state index < -0.39 is 11.9 Å². The third kappa shape index (κ3) is 12.5. The van der Waals surface area contributed by atoms with Crippen molar-refractivity contribution in [2.24, 2.45) is 0 Å². The quantitative estimate of drug-likeness (QED) is 0.0646. The van der Waals surface area contributed by atoms with Crippen LogP contribution in [0.2, 0.25) is 0 Å². The third-order valence-corrected chi connectivity index (χ3v) is 8.97. The first-order chi connectivity index (χ1) is 26.7. The summed E-state index contributed by atoms with van der Waals surface area (Å²) in [6.07, 6.45) is 7.22. The number of carbonyl (C=O) groups is 4. The highest BCUT2D eigenvalue weighted by molar-refractivity contribution is 5.92. The summed E-state index contributed by atoms with van der Waals surface area (Å²) in [6, 6.07) is 33.8. The summed E-state index contributed by atoms with van der Waals surface area (Å²) >= 11 is 0. The van der Waals surface area contributed by atoms with Crippen molar-refractivity contribution in [3.05, 3.63) is 154 Å². The van der Waals surface area contributed by atoms with Crippen LogP contribution in [0, 0.1) is 0 Å². The lowest BCUT2D eigenvalue weighted by Crippen LogP contribution is -2.12. The molecule has 0 saturated heterocycles. The molecule has 0 saturated carbocycles. The van der Waals surface area contributed by atoms with Crippen molar-refractivity contribution in [1.29, 1.82) is 0 Å². The van der Waals surface area contributed by atoms with Gasteiger partial charge in [-0.2, -0.15) is 0 Å². The van der Waals surface area contributed by atoms with Crippen LogP contribution >= 0.6 is 0 Å². The molecule has 284 valence electrons. The maximum atomic E-state index is 13.1. The Bertz CT molecular complexity index is 2030. The molecule has 5 rings (SSSR count). The van der Waals surface area contributed by atoms with E-state index in [1.54, 1.807) is 66.7 Å². The lowest BCUT2D eigenvalue weighted by Gasteiger charge is -2.12. The zero-order valence-corrected chi connectivity index (χ0v) is 31.8. The molecule has 55 heavy (non-hydrogen) atoms. The van der Waals surface area contributed by atoms with Gasteiger partial charge < -0.3 is 18.9 Å². The molecule has 0 amide bonds. The number of esters is 4. The molecular weight excluding hydrogens is 693 g/mol. The lowest BCUT2D eigenvalue weighted by atomic mass is 10.0. The average Bonchev–Trinajstić information content (AvgIpc) is 3.19. The molecule has 0 N–H and O–H groups in total. The Morgan fingerprint density at radius 3 is 1.20 bits per heavy atom. The standard InChI is InChI=1S/C47H48O8/c1-4-7-33-10-14-35(15-11-33)18-30-44(48)52-40-24-20-37(21-25-40)46(50)54-42-28-29-43(39(32-42)9-6-3)55-47(51)38-22-26-41(27-23-38)53-45(49)31-19-36-16-12-34(8-5-2)13-17-36/h10-17,20-29,32H,4-9,18-19,30-31H2,1-3H3. The topological polar surface area (TPSA) is 105 Å². The van der Waals surface area contributed by atoms with E-state index in [1.807, 2.05) is 31.2 Å². The van der Waals surface area contributed by atoms with E-state index in [1.165, 1.54) is 11.1 Å². The predicted octanol–water partition coefficient (Wildman–Crippen LogP) is 10.1. The Morgan fingerprint density at radius 1 is 0.400 bits per heavy atom. The van der Waals surface area contributed by atoms with Crippen molar-refractivity contribution in [1.82, 2.24) is 0 Å². The number of carbonyl (C=O) groups excluding carboxylic acids is 4. The molecule has 0 spiro atoms. The lowest BCUT2D eigenvalue weighted by molar-refractivity contribution is -0.135. The van der Waals surface area contributed by atoms with Crippen LogP contribution in [0.4, 0.5) is 0 Å². The number of benzene rings is 5. The van der Waals surface area contributed by atoms with Crippen LogP contribution in [-0.4, -0.2) is 23.9 Å². The Hall–Kier alpha value is -6.02. The van der Waals surface area contributed by atoms with Gasteiger partial charge in [-0.1, -0.05) is 88.6 Å². The highest BCUT2D eigenvalue weighted by Crippen LogP contribution is 2.28. The van der Waals surface area contributed by atoms with E-state index >= 15 is 0 Å². The summed E-state index contributed by atoms with van der Waals surface area (Å²) in [7, 11) is 0. The zero-order chi connectivity index (χ0) is 39.0. The van der Waals surface area contributed by atoms with Crippen LogP contribution in [-0.2, 0) is 41.7 Å². The second-order valence-corrected chi connectivity index (χ2v) is 13.4. The van der Waals surface area contributed by atoms with Gasteiger partial charge in [-0.05, 0) is 127 Å². The van der Waals surface area contributed by atoms with Crippen LogP contribution in [0.15, 0.2) is 115 Å². The van der Waals surface area contributed by atoms with Gasteiger partial charge in [-0.25, -0.2) is 9.59 Å². The first-order valence-corrected chi connectivity index (χ1v) is 19.1. The number of hydrogen-bond acceptors (Lipinski definition) is 8. The maximum absolute atomic E-state index is 13.1. The van der Waals surface area contributed by atoms with E-state index in [4.69, 9.17) is 18.9 Å². The number of aryl methyl sites for hydroxylation is 5. The molecule has 0 aliphatic carbocycles. The van der Waals surface area contributed by atoms with E-state index in [2.05, 4.69) is 38.1 Å². The molecule has 8 nitrogen and oxygen atoms in total. The van der Waals surface area contributed by atoms with Gasteiger partial charge in [0.05, 0.1) is 11.1 Å². The zero-order valence-electron chi connectivity index (χ0n) is 31.8. The monoisotopic (exact) mass is 740 g/mol. The molecular formula is C47H48O8. The van der Waals surface area contributed by atoms with Gasteiger partial charge >= 0.3 is 23.9 Å². The van der Waals surface area contributed by atoms with Crippen LogP contribution in [0.3, 0.4) is 0 Å². The van der Waals surface area contributed by atoms with Crippen molar-refractivity contribution in [2.75, 3.05) is 0 Å². The van der Waals surface area contributed by atoms with Crippen molar-refractivity contribution < 1.29 is 38.1 Å². The fraction of sp³-hybridized carbons (Fsp3) is 0.277. The average molecular weight is 741 g/mol. The first-order valence-electron chi connectivity index (χ1n) is 19.1. The predicted molar refractivity (Wildman–Crippen MR) is 212 cm³/mol. The molecule has 0 unspecified atom stereocenters.